The molecule has 2 aromatic rings. The normalized spacial score (nSPS) is 13.4. The molecule has 0 amide bonds. The second-order valence-corrected chi connectivity index (χ2v) is 3.50. The molecule has 74 valence electrons. The first-order valence-corrected chi connectivity index (χ1v) is 4.67. The van der Waals surface area contributed by atoms with E-state index in [1.165, 1.54) is 0 Å². The molecule has 0 bridgehead atoms. The van der Waals surface area contributed by atoms with Gasteiger partial charge in [-0.2, -0.15) is 0 Å². The molecule has 1 unspecified atom stereocenters. The number of aromatic amines is 1. The first-order valence-electron chi connectivity index (χ1n) is 4.67. The van der Waals surface area contributed by atoms with Gasteiger partial charge in [-0.25, -0.2) is 0 Å². The number of fused-ring (bicyclic) bond motifs is 1. The zero-order valence-electron chi connectivity index (χ0n) is 8.12. The van der Waals surface area contributed by atoms with E-state index in [0.717, 1.165) is 22.2 Å². The Morgan fingerprint density at radius 3 is 2.86 bits per heavy atom. The van der Waals surface area contributed by atoms with Gasteiger partial charge in [0.15, 0.2) is 0 Å². The molecule has 1 heterocycles. The SMILES string of the molecule is Cc1[nH]c2ccccc2c1C(N)CO. The van der Waals surface area contributed by atoms with Crippen LogP contribution in [0.25, 0.3) is 10.9 Å². The molecule has 0 radical (unpaired) electrons. The highest BCUT2D eigenvalue weighted by Crippen LogP contribution is 2.25. The number of nitrogens with one attached hydrogen (secondary N) is 1. The summed E-state index contributed by atoms with van der Waals surface area (Å²) in [6, 6.07) is 7.68. The lowest BCUT2D eigenvalue weighted by molar-refractivity contribution is 0.268. The zero-order chi connectivity index (χ0) is 10.1. The maximum Gasteiger partial charge on any atom is 0.0625 e. The summed E-state index contributed by atoms with van der Waals surface area (Å²) in [6.45, 7) is 1.95. The second-order valence-electron chi connectivity index (χ2n) is 3.50. The monoisotopic (exact) mass is 190 g/mol. The average molecular weight is 190 g/mol. The molecule has 0 aliphatic carbocycles. The number of benzene rings is 1. The molecule has 1 atom stereocenters. The first kappa shape index (κ1) is 9.24. The summed E-state index contributed by atoms with van der Waals surface area (Å²) < 4.78 is 0. The lowest BCUT2D eigenvalue weighted by Gasteiger charge is -2.07. The second kappa shape index (κ2) is 3.44. The van der Waals surface area contributed by atoms with Gasteiger partial charge in [0, 0.05) is 16.6 Å². The lowest BCUT2D eigenvalue weighted by Crippen LogP contribution is -2.15. The van der Waals surface area contributed by atoms with Crippen LogP contribution in [0.1, 0.15) is 17.3 Å². The van der Waals surface area contributed by atoms with Gasteiger partial charge in [0.1, 0.15) is 0 Å². The van der Waals surface area contributed by atoms with Crippen molar-refractivity contribution in [3.05, 3.63) is 35.5 Å². The third-order valence-corrected chi connectivity index (χ3v) is 2.51. The number of aliphatic hydroxyl groups excluding tert-OH is 1. The molecule has 0 aliphatic rings. The third kappa shape index (κ3) is 1.31. The van der Waals surface area contributed by atoms with Gasteiger partial charge in [-0.15, -0.1) is 0 Å². The number of nitrogens with two attached hydrogens (primary N) is 1. The fourth-order valence-electron chi connectivity index (χ4n) is 1.87. The number of hydrogen-bond acceptors (Lipinski definition) is 2. The van der Waals surface area contributed by atoms with Crippen LogP contribution in [0.3, 0.4) is 0 Å². The number of rotatable bonds is 2. The van der Waals surface area contributed by atoms with E-state index in [9.17, 15) is 0 Å². The Kier molecular flexibility index (Phi) is 2.27. The van der Waals surface area contributed by atoms with Gasteiger partial charge in [0.25, 0.3) is 0 Å². The van der Waals surface area contributed by atoms with Crippen LogP contribution >= 0.6 is 0 Å². The maximum atomic E-state index is 9.05. The summed E-state index contributed by atoms with van der Waals surface area (Å²) in [5, 5.41) is 10.2. The Morgan fingerprint density at radius 1 is 1.43 bits per heavy atom. The van der Waals surface area contributed by atoms with Gasteiger partial charge in [0.05, 0.1) is 12.6 Å². The highest BCUT2D eigenvalue weighted by atomic mass is 16.3. The molecule has 3 heteroatoms. The van der Waals surface area contributed by atoms with Crippen molar-refractivity contribution in [2.45, 2.75) is 13.0 Å². The lowest BCUT2D eigenvalue weighted by atomic mass is 10.0. The molecule has 1 aromatic heterocycles. The third-order valence-electron chi connectivity index (χ3n) is 2.51. The van der Waals surface area contributed by atoms with Crippen LogP contribution in [0, 0.1) is 6.92 Å². The highest BCUT2D eigenvalue weighted by molar-refractivity contribution is 5.85. The van der Waals surface area contributed by atoms with E-state index in [-0.39, 0.29) is 12.6 Å². The van der Waals surface area contributed by atoms with Gasteiger partial charge < -0.3 is 15.8 Å². The largest absolute Gasteiger partial charge is 0.394 e. The first-order chi connectivity index (χ1) is 6.74. The fourth-order valence-corrected chi connectivity index (χ4v) is 1.87. The molecule has 14 heavy (non-hydrogen) atoms. The van der Waals surface area contributed by atoms with E-state index in [2.05, 4.69) is 4.98 Å². The Hall–Kier alpha value is -1.32. The Morgan fingerprint density at radius 2 is 2.14 bits per heavy atom. The molecular weight excluding hydrogens is 176 g/mol. The van der Waals surface area contributed by atoms with Crippen LogP contribution in [-0.2, 0) is 0 Å². The van der Waals surface area contributed by atoms with Crippen molar-refractivity contribution in [3.8, 4) is 0 Å². The molecule has 0 aliphatic heterocycles. The molecule has 4 N–H and O–H groups in total. The van der Waals surface area contributed by atoms with Crippen LogP contribution in [0.5, 0.6) is 0 Å². The predicted octanol–water partition coefficient (Wildman–Crippen LogP) is 1.47. The van der Waals surface area contributed by atoms with Crippen LogP contribution in [0.2, 0.25) is 0 Å². The van der Waals surface area contributed by atoms with E-state index in [4.69, 9.17) is 10.8 Å². The highest BCUT2D eigenvalue weighted by Gasteiger charge is 2.13. The number of aliphatic hydroxyl groups is 1. The Labute approximate surface area is 82.6 Å². The molecule has 0 fully saturated rings. The number of aromatic nitrogens is 1. The smallest absolute Gasteiger partial charge is 0.0625 e. The van der Waals surface area contributed by atoms with E-state index >= 15 is 0 Å². The van der Waals surface area contributed by atoms with Crippen LogP contribution < -0.4 is 5.73 Å². The summed E-state index contributed by atoms with van der Waals surface area (Å²) in [7, 11) is 0. The van der Waals surface area contributed by atoms with Gasteiger partial charge in [-0.05, 0) is 18.6 Å². The molecular formula is C11H14N2O. The fraction of sp³-hybridized carbons (Fsp3) is 0.273. The van der Waals surface area contributed by atoms with Crippen molar-refractivity contribution in [1.82, 2.24) is 4.98 Å². The minimum Gasteiger partial charge on any atom is -0.394 e. The summed E-state index contributed by atoms with van der Waals surface area (Å²) in [4.78, 5) is 3.25. The molecule has 0 saturated carbocycles. The topological polar surface area (TPSA) is 62.0 Å². The van der Waals surface area contributed by atoms with Gasteiger partial charge in [-0.3, -0.25) is 0 Å². The molecule has 3 nitrogen and oxygen atoms in total. The van der Waals surface area contributed by atoms with Crippen LogP contribution in [0.4, 0.5) is 0 Å². The summed E-state index contributed by atoms with van der Waals surface area (Å²) in [6.07, 6.45) is 0. The van der Waals surface area contributed by atoms with Crippen molar-refractivity contribution in [2.75, 3.05) is 6.61 Å². The maximum absolute atomic E-state index is 9.05. The van der Waals surface area contributed by atoms with E-state index in [1.807, 2.05) is 31.2 Å². The average Bonchev–Trinajstić information content (AvgIpc) is 2.53. The van der Waals surface area contributed by atoms with Gasteiger partial charge >= 0.3 is 0 Å². The summed E-state index contributed by atoms with van der Waals surface area (Å²) in [5.41, 5.74) is 8.96. The minimum atomic E-state index is -0.300. The summed E-state index contributed by atoms with van der Waals surface area (Å²) >= 11 is 0. The standard InChI is InChI=1S/C11H14N2O/c1-7-11(9(12)6-14)8-4-2-3-5-10(8)13-7/h2-5,9,13-14H,6,12H2,1H3. The van der Waals surface area contributed by atoms with E-state index in [1.54, 1.807) is 0 Å². The minimum absolute atomic E-state index is 0.0251. The Bertz CT molecular complexity index is 447. The number of hydrogen-bond donors (Lipinski definition) is 3. The van der Waals surface area contributed by atoms with Crippen molar-refractivity contribution in [2.24, 2.45) is 5.73 Å². The Balaban J connectivity index is 2.67. The van der Waals surface area contributed by atoms with Crippen molar-refractivity contribution >= 4 is 10.9 Å². The predicted molar refractivity (Wildman–Crippen MR) is 57.0 cm³/mol. The van der Waals surface area contributed by atoms with Crippen molar-refractivity contribution in [3.63, 3.8) is 0 Å². The van der Waals surface area contributed by atoms with Gasteiger partial charge in [-0.1, -0.05) is 18.2 Å². The van der Waals surface area contributed by atoms with Crippen LogP contribution in [0.15, 0.2) is 24.3 Å². The molecule has 2 rings (SSSR count). The van der Waals surface area contributed by atoms with Gasteiger partial charge in [0.2, 0.25) is 0 Å². The summed E-state index contributed by atoms with van der Waals surface area (Å²) in [5.74, 6) is 0. The quantitative estimate of drug-likeness (QED) is 0.671. The van der Waals surface area contributed by atoms with E-state index < -0.39 is 0 Å². The van der Waals surface area contributed by atoms with E-state index in [0.29, 0.717) is 0 Å². The van der Waals surface area contributed by atoms with Crippen molar-refractivity contribution < 1.29 is 5.11 Å². The number of aryl methyl sites for hydroxylation is 1. The zero-order valence-corrected chi connectivity index (χ0v) is 8.12. The van der Waals surface area contributed by atoms with Crippen molar-refractivity contribution in [1.29, 1.82) is 0 Å². The van der Waals surface area contributed by atoms with Crippen LogP contribution in [-0.4, -0.2) is 16.7 Å². The molecule has 0 spiro atoms. The number of para-hydroxylation sites is 1. The molecule has 0 saturated heterocycles. The molecule has 1 aromatic carbocycles. The number of H-pyrrole nitrogens is 1.